The summed E-state index contributed by atoms with van der Waals surface area (Å²) in [7, 11) is 2.72. The molecule has 1 aliphatic carbocycles. The average Bonchev–Trinajstić information content (AvgIpc) is 3.43. The van der Waals surface area contributed by atoms with Gasteiger partial charge in [-0.2, -0.15) is 10.4 Å². The number of carboxylic acid groups (broad SMARTS) is 1. The summed E-state index contributed by atoms with van der Waals surface area (Å²) in [5.41, 5.74) is 0.359. The van der Waals surface area contributed by atoms with E-state index in [9.17, 15) is 19.6 Å². The number of rotatable bonds is 7. The van der Waals surface area contributed by atoms with Crippen LogP contribution >= 0.6 is 0 Å². The smallest absolute Gasteiger partial charge is 0.335 e. The van der Waals surface area contributed by atoms with Crippen LogP contribution in [0.1, 0.15) is 50.3 Å². The summed E-state index contributed by atoms with van der Waals surface area (Å²) < 4.78 is 43.0. The minimum Gasteiger partial charge on any atom is -0.494 e. The van der Waals surface area contributed by atoms with Crippen LogP contribution in [0.5, 0.6) is 5.75 Å². The van der Waals surface area contributed by atoms with Gasteiger partial charge in [0.1, 0.15) is 5.52 Å². The first kappa shape index (κ1) is 24.7. The van der Waals surface area contributed by atoms with Gasteiger partial charge >= 0.3 is 5.97 Å². The molecule has 0 unspecified atom stereocenters. The molecule has 1 fully saturated rings. The maximum atomic E-state index is 16.2. The van der Waals surface area contributed by atoms with Crippen LogP contribution in [-0.4, -0.2) is 45.7 Å². The minimum atomic E-state index is -1.37. The monoisotopic (exact) mass is 508 g/mol. The topological polar surface area (TPSA) is 113 Å². The number of ether oxygens (including phenoxy) is 2. The van der Waals surface area contributed by atoms with Crippen LogP contribution in [0.4, 0.5) is 8.78 Å². The van der Waals surface area contributed by atoms with Crippen LogP contribution in [0.25, 0.3) is 27.5 Å². The predicted octanol–water partition coefficient (Wildman–Crippen LogP) is 5.33. The van der Waals surface area contributed by atoms with E-state index in [1.54, 1.807) is 12.1 Å². The van der Waals surface area contributed by atoms with E-state index in [0.29, 0.717) is 33.2 Å². The molecule has 1 aliphatic rings. The van der Waals surface area contributed by atoms with Gasteiger partial charge < -0.3 is 19.1 Å². The van der Waals surface area contributed by atoms with Crippen LogP contribution in [0.2, 0.25) is 0 Å². The van der Waals surface area contributed by atoms with Gasteiger partial charge in [0, 0.05) is 47.2 Å². The lowest BCUT2D eigenvalue weighted by atomic mass is 9.65. The summed E-state index contributed by atoms with van der Waals surface area (Å²) >= 11 is 0. The van der Waals surface area contributed by atoms with Gasteiger partial charge in [-0.25, -0.2) is 13.6 Å². The number of aromatic nitrogens is 3. The Balaban J connectivity index is 1.91. The van der Waals surface area contributed by atoms with Gasteiger partial charge in [-0.15, -0.1) is 0 Å². The number of nitrogens with zero attached hydrogens (tertiary/aromatic N) is 3. The van der Waals surface area contributed by atoms with E-state index in [0.717, 1.165) is 0 Å². The fourth-order valence-electron chi connectivity index (χ4n) is 5.60. The van der Waals surface area contributed by atoms with Crippen molar-refractivity contribution in [2.75, 3.05) is 14.2 Å². The minimum absolute atomic E-state index is 0.0164. The summed E-state index contributed by atoms with van der Waals surface area (Å²) in [6.45, 7) is 3.77. The third-order valence-electron chi connectivity index (χ3n) is 7.54. The Hall–Kier alpha value is -3.97. The van der Waals surface area contributed by atoms with Gasteiger partial charge in [0.15, 0.2) is 23.0 Å². The van der Waals surface area contributed by atoms with Crippen LogP contribution in [-0.2, 0) is 14.9 Å². The number of methoxy groups -OCH3 is 2. The number of nitriles is 1. The number of hydrogen-bond donors (Lipinski definition) is 2. The molecule has 2 N–H and O–H groups in total. The molecular weight excluding hydrogens is 482 g/mol. The number of carboxylic acids is 1. The van der Waals surface area contributed by atoms with Crippen LogP contribution in [0.3, 0.4) is 0 Å². The molecule has 0 bridgehead atoms. The van der Waals surface area contributed by atoms with Crippen LogP contribution < -0.4 is 4.74 Å². The molecule has 192 valence electrons. The second-order valence-electron chi connectivity index (χ2n) is 10.2. The predicted molar refractivity (Wildman–Crippen MR) is 132 cm³/mol. The number of halogens is 2. The molecule has 0 saturated heterocycles. The van der Waals surface area contributed by atoms with E-state index in [-0.39, 0.29) is 36.4 Å². The Morgan fingerprint density at radius 3 is 2.68 bits per heavy atom. The van der Waals surface area contributed by atoms with E-state index < -0.39 is 28.6 Å². The molecule has 2 aromatic heterocycles. The number of aliphatic carboxylic acids is 1. The number of fused-ring (bicyclic) bond motifs is 2. The summed E-state index contributed by atoms with van der Waals surface area (Å²) in [6, 6.07) is 8.39. The van der Waals surface area contributed by atoms with Gasteiger partial charge in [-0.1, -0.05) is 13.8 Å². The van der Waals surface area contributed by atoms with Crippen LogP contribution in [0, 0.1) is 23.0 Å². The zero-order valence-corrected chi connectivity index (χ0v) is 20.9. The highest BCUT2D eigenvalue weighted by atomic mass is 19.1. The summed E-state index contributed by atoms with van der Waals surface area (Å²) in [4.78, 5) is 12.0. The summed E-state index contributed by atoms with van der Waals surface area (Å²) in [5, 5.41) is 27.0. The maximum Gasteiger partial charge on any atom is 0.335 e. The Morgan fingerprint density at radius 2 is 2.05 bits per heavy atom. The van der Waals surface area contributed by atoms with Crippen molar-refractivity contribution in [1.29, 1.82) is 5.26 Å². The Bertz CT molecular complexity index is 1590. The molecule has 0 spiro atoms. The number of H-pyrrole nitrogens is 1. The highest BCUT2D eigenvalue weighted by molar-refractivity contribution is 6.00. The highest BCUT2D eigenvalue weighted by Crippen LogP contribution is 2.54. The Morgan fingerprint density at radius 1 is 1.32 bits per heavy atom. The molecule has 0 atom stereocenters. The van der Waals surface area contributed by atoms with Crippen molar-refractivity contribution >= 4 is 27.8 Å². The third kappa shape index (κ3) is 3.56. The number of carbonyl (C=O) groups is 1. The molecule has 10 heteroatoms. The molecule has 4 aromatic rings. The standard InChI is InChI=1S/C27H26F2N4O4/c1-26(2,7-8-30)24-20(15-11-27(12-15,37-4)25(34)35)21-18(9-14-13-31-32-23(14)22(21)29)33(24)16-5-6-17(28)19(10-16)36-3/h5-6,9-10,13,15H,7,11-12H2,1-4H3,(H,31,32)(H,34,35)/t15-,27+. The fraction of sp³-hybridized carbons (Fsp3) is 0.370. The van der Waals surface area contributed by atoms with E-state index in [1.807, 2.05) is 18.4 Å². The van der Waals surface area contributed by atoms with E-state index in [4.69, 9.17) is 9.47 Å². The fourth-order valence-corrected chi connectivity index (χ4v) is 5.60. The van der Waals surface area contributed by atoms with E-state index in [2.05, 4.69) is 16.3 Å². The van der Waals surface area contributed by atoms with Gasteiger partial charge in [0.2, 0.25) is 0 Å². The van der Waals surface area contributed by atoms with Crippen molar-refractivity contribution in [3.63, 3.8) is 0 Å². The lowest BCUT2D eigenvalue weighted by molar-refractivity contribution is -0.175. The molecule has 2 aromatic carbocycles. The Kier molecular flexibility index (Phi) is 5.72. The largest absolute Gasteiger partial charge is 0.494 e. The third-order valence-corrected chi connectivity index (χ3v) is 7.54. The second-order valence-corrected chi connectivity index (χ2v) is 10.2. The van der Waals surface area contributed by atoms with Crippen molar-refractivity contribution in [1.82, 2.24) is 14.8 Å². The highest BCUT2D eigenvalue weighted by Gasteiger charge is 2.54. The summed E-state index contributed by atoms with van der Waals surface area (Å²) in [5.74, 6) is -2.48. The van der Waals surface area contributed by atoms with E-state index >= 15 is 4.39 Å². The SMILES string of the molecule is COc1cc(-n2c(C(C)(C)CC#N)c([C@H]3C[C@](OC)(C(=O)O)C3)c3c(F)c4[nH]ncc4cc32)ccc1F. The molecular formula is C27H26F2N4O4. The van der Waals surface area contributed by atoms with Gasteiger partial charge in [0.25, 0.3) is 0 Å². The van der Waals surface area contributed by atoms with Gasteiger partial charge in [0.05, 0.1) is 24.9 Å². The van der Waals surface area contributed by atoms with E-state index in [1.165, 1.54) is 32.5 Å². The molecule has 37 heavy (non-hydrogen) atoms. The molecule has 5 rings (SSSR count). The Labute approximate surface area is 211 Å². The number of aromatic amines is 1. The van der Waals surface area contributed by atoms with Crippen molar-refractivity contribution in [3.05, 3.63) is 53.4 Å². The molecule has 2 heterocycles. The molecule has 0 amide bonds. The van der Waals surface area contributed by atoms with Gasteiger partial charge in [-0.3, -0.25) is 5.10 Å². The average molecular weight is 509 g/mol. The first-order valence-corrected chi connectivity index (χ1v) is 11.8. The molecule has 8 nitrogen and oxygen atoms in total. The molecule has 0 radical (unpaired) electrons. The number of benzene rings is 2. The first-order valence-electron chi connectivity index (χ1n) is 11.8. The zero-order chi connectivity index (χ0) is 26.7. The lowest BCUT2D eigenvalue weighted by Crippen LogP contribution is -2.51. The first-order chi connectivity index (χ1) is 17.6. The number of hydrogen-bond acceptors (Lipinski definition) is 5. The number of nitrogens with one attached hydrogen (secondary N) is 1. The van der Waals surface area contributed by atoms with Crippen molar-refractivity contribution < 1.29 is 28.2 Å². The molecule has 1 saturated carbocycles. The zero-order valence-electron chi connectivity index (χ0n) is 20.9. The quantitative estimate of drug-likeness (QED) is 0.349. The van der Waals surface area contributed by atoms with Crippen molar-refractivity contribution in [3.8, 4) is 17.5 Å². The normalized spacial score (nSPS) is 19.6. The second kappa shape index (κ2) is 8.56. The van der Waals surface area contributed by atoms with Gasteiger partial charge in [-0.05, 0) is 42.5 Å². The molecule has 0 aliphatic heterocycles. The van der Waals surface area contributed by atoms with Crippen molar-refractivity contribution in [2.24, 2.45) is 0 Å². The summed E-state index contributed by atoms with van der Waals surface area (Å²) in [6.07, 6.45) is 1.90. The lowest BCUT2D eigenvalue weighted by Gasteiger charge is -2.44. The van der Waals surface area contributed by atoms with Crippen molar-refractivity contribution in [2.45, 2.75) is 50.0 Å². The maximum absolute atomic E-state index is 16.2. The van der Waals surface area contributed by atoms with Crippen LogP contribution in [0.15, 0.2) is 30.5 Å².